The van der Waals surface area contributed by atoms with Gasteiger partial charge in [0.05, 0.1) is 11.3 Å². The second-order valence-corrected chi connectivity index (χ2v) is 6.68. The van der Waals surface area contributed by atoms with Crippen LogP contribution in [0.3, 0.4) is 0 Å². The molecular weight excluding hydrogens is 285 g/mol. The SMILES string of the molecule is C/C(=C/Cc1ccccc1F)C(=NC(C)(C)C)c1ccccc1. The van der Waals surface area contributed by atoms with Crippen molar-refractivity contribution < 1.29 is 4.39 Å². The molecule has 0 fully saturated rings. The minimum Gasteiger partial charge on any atom is -0.279 e. The van der Waals surface area contributed by atoms with E-state index in [1.165, 1.54) is 6.07 Å². The molecule has 0 atom stereocenters. The Morgan fingerprint density at radius 3 is 2.22 bits per heavy atom. The molecule has 0 aliphatic carbocycles. The summed E-state index contributed by atoms with van der Waals surface area (Å²) in [7, 11) is 0. The first-order chi connectivity index (χ1) is 10.9. The highest BCUT2D eigenvalue weighted by Crippen LogP contribution is 2.17. The van der Waals surface area contributed by atoms with Gasteiger partial charge >= 0.3 is 0 Å². The predicted octanol–water partition coefficient (Wildman–Crippen LogP) is 5.60. The third kappa shape index (κ3) is 5.17. The highest BCUT2D eigenvalue weighted by atomic mass is 19.1. The van der Waals surface area contributed by atoms with Crippen LogP contribution in [-0.2, 0) is 6.42 Å². The first kappa shape index (κ1) is 17.1. The Morgan fingerprint density at radius 2 is 1.61 bits per heavy atom. The molecule has 0 aromatic heterocycles. The highest BCUT2D eigenvalue weighted by Gasteiger charge is 2.13. The lowest BCUT2D eigenvalue weighted by molar-refractivity contribution is 0.584. The summed E-state index contributed by atoms with van der Waals surface area (Å²) in [5, 5.41) is 0. The van der Waals surface area contributed by atoms with Gasteiger partial charge in [0, 0.05) is 0 Å². The van der Waals surface area contributed by atoms with E-state index in [2.05, 4.69) is 39.0 Å². The van der Waals surface area contributed by atoms with Gasteiger partial charge in [0.15, 0.2) is 0 Å². The number of hydrogen-bond acceptors (Lipinski definition) is 1. The minimum absolute atomic E-state index is 0.162. The Balaban J connectivity index is 2.34. The summed E-state index contributed by atoms with van der Waals surface area (Å²) in [5.41, 5.74) is 3.65. The molecule has 2 aromatic rings. The highest BCUT2D eigenvalue weighted by molar-refractivity contribution is 6.12. The number of rotatable bonds is 4. The topological polar surface area (TPSA) is 12.4 Å². The zero-order valence-electron chi connectivity index (χ0n) is 14.3. The molecule has 0 N–H and O–H groups in total. The van der Waals surface area contributed by atoms with Crippen molar-refractivity contribution >= 4 is 5.71 Å². The average molecular weight is 309 g/mol. The molecule has 0 radical (unpaired) electrons. The summed E-state index contributed by atoms with van der Waals surface area (Å²) >= 11 is 0. The Bertz CT molecular complexity index is 706. The molecule has 0 spiro atoms. The largest absolute Gasteiger partial charge is 0.279 e. The van der Waals surface area contributed by atoms with Crippen molar-refractivity contribution in [3.8, 4) is 0 Å². The number of aliphatic imine (C=N–C) groups is 1. The van der Waals surface area contributed by atoms with Crippen molar-refractivity contribution in [2.75, 3.05) is 0 Å². The van der Waals surface area contributed by atoms with E-state index in [0.29, 0.717) is 12.0 Å². The lowest BCUT2D eigenvalue weighted by atomic mass is 9.99. The summed E-state index contributed by atoms with van der Waals surface area (Å²) in [4.78, 5) is 4.87. The third-order valence-electron chi connectivity index (χ3n) is 3.45. The minimum atomic E-state index is -0.168. The Kier molecular flexibility index (Phi) is 5.49. The molecule has 2 rings (SSSR count). The van der Waals surface area contributed by atoms with Gasteiger partial charge < -0.3 is 0 Å². The molecule has 0 heterocycles. The summed E-state index contributed by atoms with van der Waals surface area (Å²) in [6.45, 7) is 8.29. The molecule has 0 aliphatic heterocycles. The zero-order valence-corrected chi connectivity index (χ0v) is 14.3. The summed E-state index contributed by atoms with van der Waals surface area (Å²) in [6, 6.07) is 17.0. The van der Waals surface area contributed by atoms with Crippen molar-refractivity contribution in [3.05, 3.63) is 83.2 Å². The van der Waals surface area contributed by atoms with Crippen molar-refractivity contribution in [2.24, 2.45) is 4.99 Å². The second kappa shape index (κ2) is 7.36. The van der Waals surface area contributed by atoms with E-state index in [-0.39, 0.29) is 11.4 Å². The quantitative estimate of drug-likeness (QED) is 0.652. The molecule has 0 saturated carbocycles. The van der Waals surface area contributed by atoms with Crippen LogP contribution in [0.25, 0.3) is 0 Å². The van der Waals surface area contributed by atoms with E-state index in [4.69, 9.17) is 4.99 Å². The fraction of sp³-hybridized carbons (Fsp3) is 0.286. The molecule has 0 amide bonds. The Morgan fingerprint density at radius 1 is 1.00 bits per heavy atom. The van der Waals surface area contributed by atoms with Crippen LogP contribution in [-0.4, -0.2) is 11.3 Å². The molecule has 0 bridgehead atoms. The molecule has 0 aliphatic rings. The Labute approximate surface area is 138 Å². The molecule has 0 saturated heterocycles. The van der Waals surface area contributed by atoms with Crippen molar-refractivity contribution in [2.45, 2.75) is 39.7 Å². The van der Waals surface area contributed by atoms with E-state index >= 15 is 0 Å². The van der Waals surface area contributed by atoms with E-state index in [1.807, 2.05) is 37.3 Å². The zero-order chi connectivity index (χ0) is 16.9. The fourth-order valence-corrected chi connectivity index (χ4v) is 2.34. The summed E-state index contributed by atoms with van der Waals surface area (Å²) < 4.78 is 13.8. The normalized spacial score (nSPS) is 13.3. The van der Waals surface area contributed by atoms with Crippen molar-refractivity contribution in [3.63, 3.8) is 0 Å². The summed E-state index contributed by atoms with van der Waals surface area (Å²) in [5.74, 6) is -0.162. The van der Waals surface area contributed by atoms with Crippen LogP contribution in [0.15, 0.2) is 71.2 Å². The number of halogens is 1. The lowest BCUT2D eigenvalue weighted by Gasteiger charge is -2.17. The van der Waals surface area contributed by atoms with Gasteiger partial charge in [0.25, 0.3) is 0 Å². The maximum Gasteiger partial charge on any atom is 0.126 e. The van der Waals surface area contributed by atoms with E-state index in [1.54, 1.807) is 6.07 Å². The molecule has 0 unspecified atom stereocenters. The van der Waals surface area contributed by atoms with Crippen LogP contribution in [0.5, 0.6) is 0 Å². The van der Waals surface area contributed by atoms with Gasteiger partial charge in [-0.3, -0.25) is 4.99 Å². The monoisotopic (exact) mass is 309 g/mol. The first-order valence-electron chi connectivity index (χ1n) is 7.92. The van der Waals surface area contributed by atoms with Crippen LogP contribution in [0, 0.1) is 5.82 Å². The van der Waals surface area contributed by atoms with Gasteiger partial charge in [0.1, 0.15) is 5.82 Å². The number of hydrogen-bond donors (Lipinski definition) is 0. The van der Waals surface area contributed by atoms with Gasteiger partial charge in [-0.25, -0.2) is 4.39 Å². The van der Waals surface area contributed by atoms with Gasteiger partial charge in [0.2, 0.25) is 0 Å². The third-order valence-corrected chi connectivity index (χ3v) is 3.45. The van der Waals surface area contributed by atoms with E-state index in [9.17, 15) is 4.39 Å². The lowest BCUT2D eigenvalue weighted by Crippen LogP contribution is -2.16. The van der Waals surface area contributed by atoms with Crippen molar-refractivity contribution in [1.82, 2.24) is 0 Å². The molecule has 1 nitrogen and oxygen atoms in total. The van der Waals surface area contributed by atoms with E-state index in [0.717, 1.165) is 16.8 Å². The molecule has 23 heavy (non-hydrogen) atoms. The number of benzene rings is 2. The maximum atomic E-state index is 13.8. The van der Waals surface area contributed by atoms with Gasteiger partial charge in [-0.05, 0) is 56.9 Å². The molecule has 2 aromatic carbocycles. The molecule has 2 heteroatoms. The Hall–Kier alpha value is -2.22. The van der Waals surface area contributed by atoms with Crippen molar-refractivity contribution in [1.29, 1.82) is 0 Å². The van der Waals surface area contributed by atoms with Crippen LogP contribution in [0.2, 0.25) is 0 Å². The van der Waals surface area contributed by atoms with Gasteiger partial charge in [-0.15, -0.1) is 0 Å². The van der Waals surface area contributed by atoms with E-state index < -0.39 is 0 Å². The second-order valence-electron chi connectivity index (χ2n) is 6.68. The van der Waals surface area contributed by atoms with Crippen LogP contribution >= 0.6 is 0 Å². The average Bonchev–Trinajstić information content (AvgIpc) is 2.51. The first-order valence-corrected chi connectivity index (χ1v) is 7.92. The standard InChI is InChI=1S/C21H24FN/c1-16(14-15-17-10-8-9-13-19(17)22)20(23-21(2,3)4)18-11-6-5-7-12-18/h5-14H,15H2,1-4H3/b16-14-,23-20?. The summed E-state index contributed by atoms with van der Waals surface area (Å²) in [6.07, 6.45) is 2.62. The maximum absolute atomic E-state index is 13.8. The van der Waals surface area contributed by atoms with Crippen LogP contribution in [0.4, 0.5) is 4.39 Å². The smallest absolute Gasteiger partial charge is 0.126 e. The fourth-order valence-electron chi connectivity index (χ4n) is 2.34. The predicted molar refractivity (Wildman–Crippen MR) is 96.6 cm³/mol. The van der Waals surface area contributed by atoms with Gasteiger partial charge in [-0.1, -0.05) is 54.6 Å². The molecule has 120 valence electrons. The number of nitrogens with zero attached hydrogens (tertiary/aromatic N) is 1. The van der Waals surface area contributed by atoms with Gasteiger partial charge in [-0.2, -0.15) is 0 Å². The van der Waals surface area contributed by atoms with Crippen LogP contribution in [0.1, 0.15) is 38.8 Å². The molecular formula is C21H24FN. The number of allylic oxidation sites excluding steroid dienone is 2. The van der Waals surface area contributed by atoms with Crippen LogP contribution < -0.4 is 0 Å².